The quantitative estimate of drug-likeness (QED) is 0.578. The molecule has 3 rings (SSSR count). The number of rotatable bonds is 7. The number of carbonyl (C=O) groups excluding carboxylic acids is 1. The van der Waals surface area contributed by atoms with Crippen molar-refractivity contribution >= 4 is 28.9 Å². The van der Waals surface area contributed by atoms with Crippen LogP contribution in [-0.2, 0) is 16.0 Å². The second kappa shape index (κ2) is 8.57. The van der Waals surface area contributed by atoms with Crippen LogP contribution in [0.2, 0.25) is 5.02 Å². The minimum atomic E-state index is -0.487. The standard InChI is InChI=1S/C20H23ClN2O4/c1-2-27-20(26)14-4-3-11-23(12-14)17-16(18(24)19(17)25)22-10-9-13-5-7-15(21)8-6-13/h5-8,14,22H,2-4,9-12H2,1H3/t14-/m0/s1. The van der Waals surface area contributed by atoms with Crippen LogP contribution in [0, 0.1) is 5.92 Å². The van der Waals surface area contributed by atoms with Gasteiger partial charge in [0.25, 0.3) is 10.9 Å². The number of hydrogen-bond acceptors (Lipinski definition) is 6. The molecule has 0 amide bonds. The van der Waals surface area contributed by atoms with Gasteiger partial charge in [0.05, 0.1) is 12.5 Å². The summed E-state index contributed by atoms with van der Waals surface area (Å²) in [5, 5.41) is 3.78. The van der Waals surface area contributed by atoms with Gasteiger partial charge < -0.3 is 15.0 Å². The highest BCUT2D eigenvalue weighted by Crippen LogP contribution is 2.27. The summed E-state index contributed by atoms with van der Waals surface area (Å²) in [5.74, 6) is -0.497. The molecule has 0 saturated carbocycles. The predicted octanol–water partition coefficient (Wildman–Crippen LogP) is 2.37. The van der Waals surface area contributed by atoms with Crippen LogP contribution >= 0.6 is 11.6 Å². The van der Waals surface area contributed by atoms with E-state index >= 15 is 0 Å². The minimum Gasteiger partial charge on any atom is -0.466 e. The fourth-order valence-corrected chi connectivity index (χ4v) is 3.59. The van der Waals surface area contributed by atoms with E-state index in [9.17, 15) is 14.4 Å². The minimum absolute atomic E-state index is 0.238. The molecule has 2 aromatic rings. The summed E-state index contributed by atoms with van der Waals surface area (Å²) in [6.07, 6.45) is 2.23. The molecule has 0 bridgehead atoms. The van der Waals surface area contributed by atoms with Crippen LogP contribution in [0.25, 0.3) is 0 Å². The molecule has 0 radical (unpaired) electrons. The lowest BCUT2D eigenvalue weighted by Crippen LogP contribution is -2.47. The van der Waals surface area contributed by atoms with Gasteiger partial charge in [-0.1, -0.05) is 23.7 Å². The number of nitrogens with zero attached hydrogens (tertiary/aromatic N) is 1. The third kappa shape index (κ3) is 4.33. The van der Waals surface area contributed by atoms with Crippen LogP contribution in [0.15, 0.2) is 33.9 Å². The van der Waals surface area contributed by atoms with Crippen LogP contribution in [0.4, 0.5) is 11.4 Å². The van der Waals surface area contributed by atoms with Gasteiger partial charge in [0.15, 0.2) is 0 Å². The number of nitrogens with one attached hydrogen (secondary N) is 1. The normalized spacial score (nSPS) is 17.1. The second-order valence-electron chi connectivity index (χ2n) is 6.72. The summed E-state index contributed by atoms with van der Waals surface area (Å²) in [4.78, 5) is 38.0. The molecule has 1 fully saturated rings. The van der Waals surface area contributed by atoms with E-state index in [1.54, 1.807) is 6.92 Å². The molecule has 6 nitrogen and oxygen atoms in total. The number of anilines is 2. The third-order valence-electron chi connectivity index (χ3n) is 4.87. The van der Waals surface area contributed by atoms with Crippen molar-refractivity contribution in [1.29, 1.82) is 0 Å². The van der Waals surface area contributed by atoms with Crippen LogP contribution < -0.4 is 21.1 Å². The first-order valence-corrected chi connectivity index (χ1v) is 9.62. The Labute approximate surface area is 162 Å². The van der Waals surface area contributed by atoms with E-state index in [1.807, 2.05) is 29.2 Å². The fraction of sp³-hybridized carbons (Fsp3) is 0.450. The van der Waals surface area contributed by atoms with E-state index in [0.29, 0.717) is 49.1 Å². The van der Waals surface area contributed by atoms with Crippen LogP contribution in [0.5, 0.6) is 0 Å². The Balaban J connectivity index is 1.64. The molecular formula is C20H23ClN2O4. The Morgan fingerprint density at radius 3 is 2.70 bits per heavy atom. The number of hydrogen-bond donors (Lipinski definition) is 1. The van der Waals surface area contributed by atoms with E-state index in [2.05, 4.69) is 5.32 Å². The first kappa shape index (κ1) is 19.4. The maximum Gasteiger partial charge on any atom is 0.310 e. The zero-order valence-electron chi connectivity index (χ0n) is 15.3. The average Bonchev–Trinajstić information content (AvgIpc) is 2.68. The monoisotopic (exact) mass is 390 g/mol. The molecule has 27 heavy (non-hydrogen) atoms. The van der Waals surface area contributed by atoms with E-state index < -0.39 is 10.9 Å². The van der Waals surface area contributed by atoms with Gasteiger partial charge in [0.1, 0.15) is 11.4 Å². The number of ether oxygens (including phenoxy) is 1. The van der Waals surface area contributed by atoms with Gasteiger partial charge in [-0.05, 0) is 43.9 Å². The Morgan fingerprint density at radius 1 is 1.26 bits per heavy atom. The fourth-order valence-electron chi connectivity index (χ4n) is 3.46. The topological polar surface area (TPSA) is 75.7 Å². The molecule has 1 aliphatic rings. The Kier molecular flexibility index (Phi) is 6.16. The smallest absolute Gasteiger partial charge is 0.310 e. The van der Waals surface area contributed by atoms with E-state index in [-0.39, 0.29) is 11.9 Å². The molecule has 144 valence electrons. The zero-order chi connectivity index (χ0) is 19.4. The summed E-state index contributed by atoms with van der Waals surface area (Å²) in [6, 6.07) is 7.51. The van der Waals surface area contributed by atoms with Crippen molar-refractivity contribution in [1.82, 2.24) is 0 Å². The SMILES string of the molecule is CCOC(=O)[C@H]1CCCN(c2c(NCCc3ccc(Cl)cc3)c(=O)c2=O)C1. The molecule has 1 atom stereocenters. The largest absolute Gasteiger partial charge is 0.466 e. The molecule has 1 saturated heterocycles. The number of carbonyl (C=O) groups is 1. The van der Waals surface area contributed by atoms with Crippen molar-refractivity contribution in [3.05, 3.63) is 55.3 Å². The van der Waals surface area contributed by atoms with Gasteiger partial charge in [0.2, 0.25) is 0 Å². The maximum atomic E-state index is 12.1. The van der Waals surface area contributed by atoms with Crippen molar-refractivity contribution in [2.75, 3.05) is 36.5 Å². The Morgan fingerprint density at radius 2 is 2.00 bits per heavy atom. The molecule has 0 unspecified atom stereocenters. The lowest BCUT2D eigenvalue weighted by molar-refractivity contribution is -0.148. The van der Waals surface area contributed by atoms with Crippen molar-refractivity contribution in [2.24, 2.45) is 5.92 Å². The Hall–Kier alpha value is -2.34. The average molecular weight is 391 g/mol. The summed E-state index contributed by atoms with van der Waals surface area (Å²) in [7, 11) is 0. The molecule has 0 aliphatic carbocycles. The summed E-state index contributed by atoms with van der Waals surface area (Å²) < 4.78 is 5.10. The first-order chi connectivity index (χ1) is 13.0. The zero-order valence-corrected chi connectivity index (χ0v) is 16.1. The lowest BCUT2D eigenvalue weighted by Gasteiger charge is -2.34. The molecule has 1 heterocycles. The van der Waals surface area contributed by atoms with E-state index in [0.717, 1.165) is 18.4 Å². The molecule has 1 N–H and O–H groups in total. The van der Waals surface area contributed by atoms with Crippen molar-refractivity contribution in [3.8, 4) is 0 Å². The predicted molar refractivity (Wildman–Crippen MR) is 107 cm³/mol. The van der Waals surface area contributed by atoms with Gasteiger partial charge in [0, 0.05) is 24.7 Å². The molecule has 1 aliphatic heterocycles. The Bertz CT molecular complexity index is 871. The number of piperidine rings is 1. The van der Waals surface area contributed by atoms with Crippen molar-refractivity contribution < 1.29 is 9.53 Å². The van der Waals surface area contributed by atoms with Crippen molar-refractivity contribution in [3.63, 3.8) is 0 Å². The number of esters is 1. The molecule has 2 aromatic carbocycles. The highest BCUT2D eigenvalue weighted by Gasteiger charge is 2.32. The van der Waals surface area contributed by atoms with E-state index in [1.165, 1.54) is 0 Å². The molecular weight excluding hydrogens is 368 g/mol. The van der Waals surface area contributed by atoms with Crippen LogP contribution in [-0.4, -0.2) is 32.2 Å². The number of benzene rings is 1. The van der Waals surface area contributed by atoms with Gasteiger partial charge >= 0.3 is 5.97 Å². The second-order valence-corrected chi connectivity index (χ2v) is 7.16. The van der Waals surface area contributed by atoms with Gasteiger partial charge in [-0.25, -0.2) is 0 Å². The van der Waals surface area contributed by atoms with Gasteiger partial charge in [-0.2, -0.15) is 0 Å². The molecule has 0 aromatic heterocycles. The first-order valence-electron chi connectivity index (χ1n) is 9.24. The van der Waals surface area contributed by atoms with Crippen LogP contribution in [0.3, 0.4) is 0 Å². The molecule has 7 heteroatoms. The maximum absolute atomic E-state index is 12.1. The van der Waals surface area contributed by atoms with E-state index in [4.69, 9.17) is 16.3 Å². The van der Waals surface area contributed by atoms with Crippen LogP contribution in [0.1, 0.15) is 25.3 Å². The summed E-state index contributed by atoms with van der Waals surface area (Å²) >= 11 is 5.88. The number of halogens is 1. The highest BCUT2D eigenvalue weighted by atomic mass is 35.5. The van der Waals surface area contributed by atoms with Gasteiger partial charge in [-0.3, -0.25) is 14.4 Å². The van der Waals surface area contributed by atoms with Crippen molar-refractivity contribution in [2.45, 2.75) is 26.2 Å². The highest BCUT2D eigenvalue weighted by molar-refractivity contribution is 6.30. The lowest BCUT2D eigenvalue weighted by atomic mass is 9.96. The molecule has 0 spiro atoms. The summed E-state index contributed by atoms with van der Waals surface area (Å²) in [6.45, 7) is 3.72. The third-order valence-corrected chi connectivity index (χ3v) is 5.12. The summed E-state index contributed by atoms with van der Waals surface area (Å²) in [5.41, 5.74) is 0.893. The van der Waals surface area contributed by atoms with Gasteiger partial charge in [-0.15, -0.1) is 0 Å².